The number of hydrogen-bond acceptors (Lipinski definition) is 5. The Kier molecular flexibility index (Phi) is 5.99. The van der Waals surface area contributed by atoms with E-state index in [0.29, 0.717) is 40.0 Å². The van der Waals surface area contributed by atoms with Gasteiger partial charge >= 0.3 is 0 Å². The van der Waals surface area contributed by atoms with Crippen molar-refractivity contribution in [2.45, 2.75) is 12.8 Å². The van der Waals surface area contributed by atoms with Gasteiger partial charge < -0.3 is 5.32 Å². The third-order valence-corrected chi connectivity index (χ3v) is 5.91. The second-order valence-electron chi connectivity index (χ2n) is 6.29. The molecule has 2 aromatic heterocycles. The Morgan fingerprint density at radius 2 is 1.76 bits per heavy atom. The van der Waals surface area contributed by atoms with Crippen LogP contribution in [0.1, 0.15) is 12.8 Å². The molecule has 0 bridgehead atoms. The summed E-state index contributed by atoms with van der Waals surface area (Å²) in [6.07, 6.45) is 0.939. The number of rotatable bonds is 6. The summed E-state index contributed by atoms with van der Waals surface area (Å²) in [4.78, 5) is 21.8. The molecule has 0 aliphatic rings. The summed E-state index contributed by atoms with van der Waals surface area (Å²) in [5, 5.41) is 2.92. The van der Waals surface area contributed by atoms with Crippen LogP contribution in [0.2, 0.25) is 0 Å². The minimum atomic E-state index is -0.129. The van der Waals surface area contributed by atoms with Crippen LogP contribution in [0.4, 0.5) is 5.82 Å². The van der Waals surface area contributed by atoms with Gasteiger partial charge in [0, 0.05) is 23.6 Å². The van der Waals surface area contributed by atoms with E-state index in [1.807, 2.05) is 65.2 Å². The van der Waals surface area contributed by atoms with Crippen LogP contribution in [0.15, 0.2) is 60.7 Å². The number of thiazole rings is 1. The van der Waals surface area contributed by atoms with Gasteiger partial charge in [0.2, 0.25) is 5.91 Å². The Bertz CT molecular complexity index is 1210. The quantitative estimate of drug-likeness (QED) is 0.302. The van der Waals surface area contributed by atoms with Crippen LogP contribution in [-0.4, -0.2) is 26.3 Å². The molecule has 4 aromatic rings. The van der Waals surface area contributed by atoms with Crippen molar-refractivity contribution in [2.75, 3.05) is 11.2 Å². The van der Waals surface area contributed by atoms with E-state index >= 15 is 0 Å². The van der Waals surface area contributed by atoms with Gasteiger partial charge in [-0.3, -0.25) is 9.36 Å². The molecular weight excluding hydrogens is 424 g/mol. The predicted octanol–water partition coefficient (Wildman–Crippen LogP) is 5.84. The molecule has 0 spiro atoms. The van der Waals surface area contributed by atoms with Crippen molar-refractivity contribution < 1.29 is 4.79 Å². The molecule has 0 atom stereocenters. The molecule has 0 unspecified atom stereocenters. The van der Waals surface area contributed by atoms with Crippen molar-refractivity contribution in [1.29, 1.82) is 0 Å². The van der Waals surface area contributed by atoms with Crippen molar-refractivity contribution in [2.24, 2.45) is 0 Å². The van der Waals surface area contributed by atoms with Gasteiger partial charge in [0.25, 0.3) is 0 Å². The number of halogens is 1. The number of amides is 1. The van der Waals surface area contributed by atoms with Crippen molar-refractivity contribution >= 4 is 57.2 Å². The van der Waals surface area contributed by atoms with Crippen LogP contribution in [0.3, 0.4) is 0 Å². The Balaban J connectivity index is 1.91. The maximum atomic E-state index is 12.4. The smallest absolute Gasteiger partial charge is 0.225 e. The van der Waals surface area contributed by atoms with E-state index in [0.717, 1.165) is 16.0 Å². The van der Waals surface area contributed by atoms with Crippen LogP contribution < -0.4 is 5.32 Å². The fraction of sp³-hybridized carbons (Fsp3) is 0.143. The van der Waals surface area contributed by atoms with Crippen LogP contribution in [0.5, 0.6) is 0 Å². The monoisotopic (exact) mass is 440 g/mol. The lowest BCUT2D eigenvalue weighted by atomic mass is 10.2. The molecule has 0 aliphatic heterocycles. The number of carbonyl (C=O) groups is 1. The SMILES string of the molecule is O=C(CCCCl)Nc1nc(-c2ccccc2)nc2c1sc(=S)n2-c1ccccc1. The summed E-state index contributed by atoms with van der Waals surface area (Å²) in [6.45, 7) is 0. The second-order valence-corrected chi connectivity index (χ2v) is 8.32. The van der Waals surface area contributed by atoms with Gasteiger partial charge in [0.15, 0.2) is 21.2 Å². The molecule has 0 saturated heterocycles. The standard InChI is InChI=1S/C21H17ClN4OS2/c22-13-7-12-16(27)23-19-17-20(25-18(24-19)14-8-3-1-4-9-14)26(21(28)29-17)15-10-5-2-6-11-15/h1-6,8-11H,7,12-13H2,(H,23,24,25,27). The molecule has 0 saturated carbocycles. The fourth-order valence-electron chi connectivity index (χ4n) is 2.93. The van der Waals surface area contributed by atoms with E-state index in [2.05, 4.69) is 10.3 Å². The van der Waals surface area contributed by atoms with E-state index < -0.39 is 0 Å². The predicted molar refractivity (Wildman–Crippen MR) is 122 cm³/mol. The third kappa shape index (κ3) is 4.22. The second kappa shape index (κ2) is 8.82. The van der Waals surface area contributed by atoms with E-state index in [1.165, 1.54) is 11.3 Å². The first-order valence-electron chi connectivity index (χ1n) is 9.07. The van der Waals surface area contributed by atoms with E-state index in [-0.39, 0.29) is 5.91 Å². The summed E-state index contributed by atoms with van der Waals surface area (Å²) in [6, 6.07) is 19.5. The number of benzene rings is 2. The molecule has 4 rings (SSSR count). The number of hydrogen-bond donors (Lipinski definition) is 1. The zero-order valence-electron chi connectivity index (χ0n) is 15.3. The topological polar surface area (TPSA) is 59.8 Å². The first kappa shape index (κ1) is 19.7. The summed E-state index contributed by atoms with van der Waals surface area (Å²) in [5.41, 5.74) is 2.45. The summed E-state index contributed by atoms with van der Waals surface area (Å²) < 4.78 is 3.30. The van der Waals surface area contributed by atoms with E-state index in [4.69, 9.17) is 28.8 Å². The van der Waals surface area contributed by atoms with Crippen molar-refractivity contribution in [1.82, 2.24) is 14.5 Å². The molecule has 1 N–H and O–H groups in total. The Hall–Kier alpha value is -2.61. The molecule has 0 aliphatic carbocycles. The molecule has 8 heteroatoms. The van der Waals surface area contributed by atoms with Gasteiger partial charge in [-0.2, -0.15) is 0 Å². The van der Waals surface area contributed by atoms with Gasteiger partial charge in [0.1, 0.15) is 4.70 Å². The highest BCUT2D eigenvalue weighted by molar-refractivity contribution is 7.73. The zero-order chi connectivity index (χ0) is 20.2. The summed E-state index contributed by atoms with van der Waals surface area (Å²) >= 11 is 12.7. The Labute approximate surface area is 182 Å². The number of aromatic nitrogens is 3. The lowest BCUT2D eigenvalue weighted by Gasteiger charge is -2.09. The number of carbonyl (C=O) groups excluding carboxylic acids is 1. The largest absolute Gasteiger partial charge is 0.309 e. The molecule has 5 nitrogen and oxygen atoms in total. The maximum absolute atomic E-state index is 12.4. The molecule has 1 amide bonds. The van der Waals surface area contributed by atoms with Crippen molar-refractivity contribution in [3.05, 3.63) is 64.6 Å². The molecule has 0 fully saturated rings. The summed E-state index contributed by atoms with van der Waals surface area (Å²) in [5.74, 6) is 1.31. The molecular formula is C21H17ClN4OS2. The fourth-order valence-corrected chi connectivity index (χ4v) is 4.39. The highest BCUT2D eigenvalue weighted by Gasteiger charge is 2.18. The molecule has 0 radical (unpaired) electrons. The number of anilines is 1. The first-order chi connectivity index (χ1) is 14.2. The minimum Gasteiger partial charge on any atom is -0.309 e. The number of para-hydroxylation sites is 1. The van der Waals surface area contributed by atoms with E-state index in [1.54, 1.807) is 0 Å². The van der Waals surface area contributed by atoms with Crippen LogP contribution in [0, 0.1) is 3.95 Å². The lowest BCUT2D eigenvalue weighted by molar-refractivity contribution is -0.116. The highest BCUT2D eigenvalue weighted by Crippen LogP contribution is 2.32. The van der Waals surface area contributed by atoms with Crippen LogP contribution in [0.25, 0.3) is 27.4 Å². The van der Waals surface area contributed by atoms with Crippen molar-refractivity contribution in [3.8, 4) is 17.1 Å². The molecule has 2 aromatic carbocycles. The number of nitrogens with one attached hydrogen (secondary N) is 1. The zero-order valence-corrected chi connectivity index (χ0v) is 17.7. The van der Waals surface area contributed by atoms with Gasteiger partial charge in [-0.1, -0.05) is 59.9 Å². The normalized spacial score (nSPS) is 10.9. The Morgan fingerprint density at radius 1 is 1.07 bits per heavy atom. The molecule has 146 valence electrons. The minimum absolute atomic E-state index is 0.129. The Morgan fingerprint density at radius 3 is 2.45 bits per heavy atom. The average molecular weight is 441 g/mol. The molecule has 2 heterocycles. The first-order valence-corrected chi connectivity index (χ1v) is 10.8. The lowest BCUT2D eigenvalue weighted by Crippen LogP contribution is -2.13. The van der Waals surface area contributed by atoms with Gasteiger partial charge in [0.05, 0.1) is 0 Å². The van der Waals surface area contributed by atoms with Gasteiger partial charge in [-0.15, -0.1) is 11.6 Å². The van der Waals surface area contributed by atoms with Crippen LogP contribution in [-0.2, 0) is 4.79 Å². The molecule has 29 heavy (non-hydrogen) atoms. The number of fused-ring (bicyclic) bond motifs is 1. The third-order valence-electron chi connectivity index (χ3n) is 4.27. The van der Waals surface area contributed by atoms with Gasteiger partial charge in [-0.05, 0) is 30.8 Å². The number of nitrogens with zero attached hydrogens (tertiary/aromatic N) is 3. The number of alkyl halides is 1. The average Bonchev–Trinajstić information content (AvgIpc) is 3.09. The van der Waals surface area contributed by atoms with Crippen LogP contribution >= 0.6 is 35.2 Å². The highest BCUT2D eigenvalue weighted by atomic mass is 35.5. The maximum Gasteiger partial charge on any atom is 0.225 e. The van der Waals surface area contributed by atoms with Gasteiger partial charge in [-0.25, -0.2) is 9.97 Å². The van der Waals surface area contributed by atoms with Crippen molar-refractivity contribution in [3.63, 3.8) is 0 Å². The summed E-state index contributed by atoms with van der Waals surface area (Å²) in [7, 11) is 0. The van der Waals surface area contributed by atoms with E-state index in [9.17, 15) is 4.79 Å².